The van der Waals surface area contributed by atoms with Crippen molar-refractivity contribution in [1.82, 2.24) is 5.32 Å². The van der Waals surface area contributed by atoms with E-state index >= 15 is 0 Å². The van der Waals surface area contributed by atoms with Crippen LogP contribution in [-0.4, -0.2) is 18.3 Å². The second-order valence-electron chi connectivity index (χ2n) is 4.24. The molecule has 1 aliphatic carbocycles. The van der Waals surface area contributed by atoms with Crippen LogP contribution in [0, 0.1) is 5.92 Å². The SMILES string of the molecule is CCc1ccc(C(CO)NCC2CC2)s1. The Bertz CT molecular complexity index is 306. The highest BCUT2D eigenvalue weighted by Gasteiger charge is 2.22. The summed E-state index contributed by atoms with van der Waals surface area (Å²) in [6, 6.07) is 4.46. The van der Waals surface area contributed by atoms with E-state index in [-0.39, 0.29) is 12.6 Å². The van der Waals surface area contributed by atoms with Gasteiger partial charge in [0.15, 0.2) is 0 Å². The highest BCUT2D eigenvalue weighted by molar-refractivity contribution is 7.12. The summed E-state index contributed by atoms with van der Waals surface area (Å²) in [4.78, 5) is 2.67. The lowest BCUT2D eigenvalue weighted by Gasteiger charge is -2.14. The van der Waals surface area contributed by atoms with Gasteiger partial charge in [0.1, 0.15) is 0 Å². The molecule has 1 fully saturated rings. The van der Waals surface area contributed by atoms with Gasteiger partial charge in [-0.3, -0.25) is 0 Å². The summed E-state index contributed by atoms with van der Waals surface area (Å²) < 4.78 is 0. The van der Waals surface area contributed by atoms with Crippen LogP contribution in [-0.2, 0) is 6.42 Å². The molecule has 3 heteroatoms. The van der Waals surface area contributed by atoms with Crippen LogP contribution in [0.1, 0.15) is 35.6 Å². The standard InChI is InChI=1S/C12H19NOS/c1-2-10-5-6-12(15-10)11(8-14)13-7-9-3-4-9/h5-6,9,11,13-14H,2-4,7-8H2,1H3. The molecule has 0 aromatic carbocycles. The summed E-state index contributed by atoms with van der Waals surface area (Å²) >= 11 is 1.82. The molecule has 1 aromatic rings. The van der Waals surface area contributed by atoms with Gasteiger partial charge < -0.3 is 10.4 Å². The second kappa shape index (κ2) is 5.10. The zero-order valence-corrected chi connectivity index (χ0v) is 10.0. The van der Waals surface area contributed by atoms with Crippen LogP contribution in [0.15, 0.2) is 12.1 Å². The first-order chi connectivity index (χ1) is 7.33. The van der Waals surface area contributed by atoms with Crippen molar-refractivity contribution in [1.29, 1.82) is 0 Å². The maximum atomic E-state index is 9.34. The highest BCUT2D eigenvalue weighted by Crippen LogP contribution is 2.29. The topological polar surface area (TPSA) is 32.3 Å². The van der Waals surface area contributed by atoms with E-state index in [9.17, 15) is 5.11 Å². The van der Waals surface area contributed by atoms with E-state index in [1.54, 1.807) is 0 Å². The van der Waals surface area contributed by atoms with Crippen LogP contribution in [0.4, 0.5) is 0 Å². The molecule has 1 atom stereocenters. The van der Waals surface area contributed by atoms with Crippen LogP contribution in [0.2, 0.25) is 0 Å². The number of hydrogen-bond acceptors (Lipinski definition) is 3. The zero-order chi connectivity index (χ0) is 10.7. The van der Waals surface area contributed by atoms with Gasteiger partial charge in [0.2, 0.25) is 0 Å². The van der Waals surface area contributed by atoms with Gasteiger partial charge in [0.05, 0.1) is 12.6 Å². The number of aryl methyl sites for hydroxylation is 1. The van der Waals surface area contributed by atoms with Gasteiger partial charge in [-0.25, -0.2) is 0 Å². The van der Waals surface area contributed by atoms with Gasteiger partial charge >= 0.3 is 0 Å². The van der Waals surface area contributed by atoms with Crippen LogP contribution < -0.4 is 5.32 Å². The third kappa shape index (κ3) is 3.03. The minimum Gasteiger partial charge on any atom is -0.394 e. The average Bonchev–Trinajstić information content (AvgIpc) is 2.96. The first-order valence-electron chi connectivity index (χ1n) is 5.76. The maximum Gasteiger partial charge on any atom is 0.0649 e. The zero-order valence-electron chi connectivity index (χ0n) is 9.20. The molecule has 2 N–H and O–H groups in total. The van der Waals surface area contributed by atoms with Gasteiger partial charge in [-0.1, -0.05) is 6.92 Å². The fourth-order valence-corrected chi connectivity index (χ4v) is 2.68. The van der Waals surface area contributed by atoms with E-state index in [4.69, 9.17) is 0 Å². The molecule has 2 rings (SSSR count). The van der Waals surface area contributed by atoms with Gasteiger partial charge in [-0.2, -0.15) is 0 Å². The monoisotopic (exact) mass is 225 g/mol. The summed E-state index contributed by atoms with van der Waals surface area (Å²) in [5.74, 6) is 0.865. The number of nitrogens with one attached hydrogen (secondary N) is 1. The molecule has 0 saturated heterocycles. The molecule has 1 saturated carbocycles. The Kier molecular flexibility index (Phi) is 3.78. The van der Waals surface area contributed by atoms with Crippen LogP contribution in [0.5, 0.6) is 0 Å². The fraction of sp³-hybridized carbons (Fsp3) is 0.667. The summed E-state index contributed by atoms with van der Waals surface area (Å²) in [6.45, 7) is 3.43. The molecule has 1 heterocycles. The Hall–Kier alpha value is -0.380. The quantitative estimate of drug-likeness (QED) is 0.779. The molecule has 0 bridgehead atoms. The van der Waals surface area contributed by atoms with Crippen molar-refractivity contribution in [3.8, 4) is 0 Å². The van der Waals surface area contributed by atoms with Crippen molar-refractivity contribution in [2.45, 2.75) is 32.2 Å². The van der Waals surface area contributed by atoms with Gasteiger partial charge in [-0.05, 0) is 43.9 Å². The van der Waals surface area contributed by atoms with Crippen molar-refractivity contribution in [2.24, 2.45) is 5.92 Å². The third-order valence-electron chi connectivity index (χ3n) is 2.91. The lowest BCUT2D eigenvalue weighted by Crippen LogP contribution is -2.25. The van der Waals surface area contributed by atoms with Crippen LogP contribution in [0.25, 0.3) is 0 Å². The first kappa shape index (κ1) is 11.1. The van der Waals surface area contributed by atoms with Gasteiger partial charge in [0.25, 0.3) is 0 Å². The van der Waals surface area contributed by atoms with Crippen molar-refractivity contribution in [3.05, 3.63) is 21.9 Å². The number of aliphatic hydroxyl groups is 1. The van der Waals surface area contributed by atoms with E-state index in [0.29, 0.717) is 0 Å². The van der Waals surface area contributed by atoms with Crippen molar-refractivity contribution < 1.29 is 5.11 Å². The molecule has 0 aliphatic heterocycles. The molecule has 0 spiro atoms. The fourth-order valence-electron chi connectivity index (χ4n) is 1.66. The highest BCUT2D eigenvalue weighted by atomic mass is 32.1. The Morgan fingerprint density at radius 3 is 2.87 bits per heavy atom. The molecule has 2 nitrogen and oxygen atoms in total. The molecule has 15 heavy (non-hydrogen) atoms. The Balaban J connectivity index is 1.91. The van der Waals surface area contributed by atoms with Crippen LogP contribution >= 0.6 is 11.3 Å². The normalized spacial score (nSPS) is 18.0. The van der Waals surface area contributed by atoms with Gasteiger partial charge in [-0.15, -0.1) is 11.3 Å². The number of aliphatic hydroxyl groups excluding tert-OH is 1. The van der Waals surface area contributed by atoms with E-state index in [1.165, 1.54) is 22.6 Å². The predicted molar refractivity (Wildman–Crippen MR) is 64.3 cm³/mol. The minimum atomic E-state index is 0.149. The molecular formula is C12H19NOS. The van der Waals surface area contributed by atoms with Crippen molar-refractivity contribution >= 4 is 11.3 Å². The number of thiophene rings is 1. The third-order valence-corrected chi connectivity index (χ3v) is 4.25. The Morgan fingerprint density at radius 1 is 1.53 bits per heavy atom. The molecular weight excluding hydrogens is 206 g/mol. The molecule has 0 radical (unpaired) electrons. The predicted octanol–water partition coefficient (Wildman–Crippen LogP) is 2.34. The smallest absolute Gasteiger partial charge is 0.0649 e. The maximum absolute atomic E-state index is 9.34. The lowest BCUT2D eigenvalue weighted by molar-refractivity contribution is 0.245. The first-order valence-corrected chi connectivity index (χ1v) is 6.58. The summed E-state index contributed by atoms with van der Waals surface area (Å²) in [5.41, 5.74) is 0. The Labute approximate surface area is 95.3 Å². The lowest BCUT2D eigenvalue weighted by atomic mass is 10.2. The van der Waals surface area contributed by atoms with E-state index in [2.05, 4.69) is 24.4 Å². The minimum absolute atomic E-state index is 0.149. The van der Waals surface area contributed by atoms with Crippen molar-refractivity contribution in [2.75, 3.05) is 13.2 Å². The summed E-state index contributed by atoms with van der Waals surface area (Å²) in [6.07, 6.45) is 3.80. The number of hydrogen-bond donors (Lipinski definition) is 2. The molecule has 0 amide bonds. The molecule has 1 unspecified atom stereocenters. The molecule has 1 aromatic heterocycles. The number of rotatable bonds is 6. The van der Waals surface area contributed by atoms with E-state index in [0.717, 1.165) is 18.9 Å². The van der Waals surface area contributed by atoms with Gasteiger partial charge in [0, 0.05) is 9.75 Å². The summed E-state index contributed by atoms with van der Waals surface area (Å²) in [7, 11) is 0. The van der Waals surface area contributed by atoms with E-state index in [1.807, 2.05) is 11.3 Å². The Morgan fingerprint density at radius 2 is 2.33 bits per heavy atom. The average molecular weight is 225 g/mol. The molecule has 84 valence electrons. The summed E-state index contributed by atoms with van der Waals surface area (Å²) in [5, 5.41) is 12.8. The second-order valence-corrected chi connectivity index (χ2v) is 5.44. The molecule has 1 aliphatic rings. The largest absolute Gasteiger partial charge is 0.394 e. The van der Waals surface area contributed by atoms with Crippen LogP contribution in [0.3, 0.4) is 0 Å². The van der Waals surface area contributed by atoms with Crippen molar-refractivity contribution in [3.63, 3.8) is 0 Å². The van der Waals surface area contributed by atoms with E-state index < -0.39 is 0 Å².